The van der Waals surface area contributed by atoms with Crippen LogP contribution < -0.4 is 5.32 Å². The Labute approximate surface area is 123 Å². The van der Waals surface area contributed by atoms with Gasteiger partial charge in [-0.3, -0.25) is 9.89 Å². The number of benzene rings is 1. The molecule has 5 nitrogen and oxygen atoms in total. The van der Waals surface area contributed by atoms with Gasteiger partial charge in [0.2, 0.25) is 0 Å². The predicted octanol–water partition coefficient (Wildman–Crippen LogP) is 3.28. The van der Waals surface area contributed by atoms with Crippen LogP contribution in [0, 0.1) is 0 Å². The van der Waals surface area contributed by atoms with E-state index in [1.54, 1.807) is 0 Å². The lowest BCUT2D eigenvalue weighted by Gasteiger charge is -2.00. The average Bonchev–Trinajstić information content (AvgIpc) is 3.05. The van der Waals surface area contributed by atoms with Crippen molar-refractivity contribution in [2.24, 2.45) is 7.05 Å². The van der Waals surface area contributed by atoms with Gasteiger partial charge in [-0.05, 0) is 12.0 Å². The molecule has 1 aromatic carbocycles. The van der Waals surface area contributed by atoms with Gasteiger partial charge in [0, 0.05) is 35.9 Å². The standard InChI is InChI=1S/C16H18N4O/c1-10(2)13-8-15(19-18-13)17-16(21)12-9-20(3)14-7-5-4-6-11(12)14/h4-10H,1-3H3,(H2,17,18,19,21). The number of carbonyl (C=O) groups excluding carboxylic acids is 1. The predicted molar refractivity (Wildman–Crippen MR) is 83.5 cm³/mol. The first-order valence-electron chi connectivity index (χ1n) is 6.97. The summed E-state index contributed by atoms with van der Waals surface area (Å²) in [7, 11) is 1.94. The zero-order valence-electron chi connectivity index (χ0n) is 12.3. The van der Waals surface area contributed by atoms with E-state index in [9.17, 15) is 4.79 Å². The molecule has 3 rings (SSSR count). The number of rotatable bonds is 3. The van der Waals surface area contributed by atoms with E-state index >= 15 is 0 Å². The number of nitrogens with zero attached hydrogens (tertiary/aromatic N) is 2. The monoisotopic (exact) mass is 282 g/mol. The van der Waals surface area contributed by atoms with Crippen molar-refractivity contribution in [3.8, 4) is 0 Å². The second-order valence-corrected chi connectivity index (χ2v) is 5.49. The number of para-hydroxylation sites is 1. The Morgan fingerprint density at radius 1 is 1.33 bits per heavy atom. The van der Waals surface area contributed by atoms with Crippen LogP contribution in [0.5, 0.6) is 0 Å². The molecule has 0 aliphatic carbocycles. The van der Waals surface area contributed by atoms with Crippen molar-refractivity contribution in [3.63, 3.8) is 0 Å². The van der Waals surface area contributed by atoms with Gasteiger partial charge in [-0.25, -0.2) is 0 Å². The SMILES string of the molecule is CC(C)c1cc(NC(=O)c2cn(C)c3ccccc23)n[nH]1. The Morgan fingerprint density at radius 2 is 2.10 bits per heavy atom. The number of hydrogen-bond donors (Lipinski definition) is 2. The normalized spacial score (nSPS) is 11.2. The van der Waals surface area contributed by atoms with Crippen molar-refractivity contribution in [2.75, 3.05) is 5.32 Å². The highest BCUT2D eigenvalue weighted by Gasteiger charge is 2.15. The summed E-state index contributed by atoms with van der Waals surface area (Å²) in [6.45, 7) is 4.15. The van der Waals surface area contributed by atoms with Gasteiger partial charge >= 0.3 is 0 Å². The molecule has 0 spiro atoms. The molecule has 0 bridgehead atoms. The van der Waals surface area contributed by atoms with E-state index in [0.29, 0.717) is 17.3 Å². The molecule has 0 saturated heterocycles. The molecule has 3 aromatic rings. The van der Waals surface area contributed by atoms with Crippen LogP contribution in [0.4, 0.5) is 5.82 Å². The molecule has 0 unspecified atom stereocenters. The molecule has 2 aromatic heterocycles. The lowest BCUT2D eigenvalue weighted by atomic mass is 10.1. The molecular weight excluding hydrogens is 264 g/mol. The lowest BCUT2D eigenvalue weighted by molar-refractivity contribution is 0.102. The Morgan fingerprint density at radius 3 is 2.81 bits per heavy atom. The van der Waals surface area contributed by atoms with Gasteiger partial charge in [0.1, 0.15) is 0 Å². The number of aryl methyl sites for hydroxylation is 1. The van der Waals surface area contributed by atoms with Crippen LogP contribution in [-0.4, -0.2) is 20.7 Å². The smallest absolute Gasteiger partial charge is 0.259 e. The fourth-order valence-corrected chi connectivity index (χ4v) is 2.40. The van der Waals surface area contributed by atoms with Gasteiger partial charge in [-0.15, -0.1) is 0 Å². The molecule has 0 aliphatic rings. The number of amides is 1. The Bertz CT molecular complexity index is 798. The zero-order valence-corrected chi connectivity index (χ0v) is 12.3. The molecular formula is C16H18N4O. The molecule has 21 heavy (non-hydrogen) atoms. The second kappa shape index (κ2) is 5.09. The van der Waals surface area contributed by atoms with E-state index in [0.717, 1.165) is 16.6 Å². The number of anilines is 1. The third kappa shape index (κ3) is 2.42. The Kier molecular flexibility index (Phi) is 3.25. The summed E-state index contributed by atoms with van der Waals surface area (Å²) in [5, 5.41) is 10.8. The summed E-state index contributed by atoms with van der Waals surface area (Å²) >= 11 is 0. The number of carbonyl (C=O) groups is 1. The van der Waals surface area contributed by atoms with Crippen molar-refractivity contribution < 1.29 is 4.79 Å². The van der Waals surface area contributed by atoms with E-state index in [1.807, 2.05) is 48.1 Å². The third-order valence-corrected chi connectivity index (χ3v) is 3.60. The number of H-pyrrole nitrogens is 1. The molecule has 2 N–H and O–H groups in total. The van der Waals surface area contributed by atoms with Gasteiger partial charge in [-0.2, -0.15) is 5.10 Å². The van der Waals surface area contributed by atoms with Crippen LogP contribution in [0.25, 0.3) is 10.9 Å². The molecule has 5 heteroatoms. The number of hydrogen-bond acceptors (Lipinski definition) is 2. The van der Waals surface area contributed by atoms with Crippen molar-refractivity contribution in [1.82, 2.24) is 14.8 Å². The molecule has 0 radical (unpaired) electrons. The van der Waals surface area contributed by atoms with Crippen molar-refractivity contribution >= 4 is 22.6 Å². The highest BCUT2D eigenvalue weighted by molar-refractivity contribution is 6.12. The molecule has 1 amide bonds. The first-order valence-corrected chi connectivity index (χ1v) is 6.97. The topological polar surface area (TPSA) is 62.7 Å². The molecule has 2 heterocycles. The fourth-order valence-electron chi connectivity index (χ4n) is 2.40. The van der Waals surface area contributed by atoms with Crippen molar-refractivity contribution in [3.05, 3.63) is 47.8 Å². The van der Waals surface area contributed by atoms with E-state index in [1.165, 1.54) is 0 Å². The molecule has 108 valence electrons. The fraction of sp³-hybridized carbons (Fsp3) is 0.250. The number of aromatic amines is 1. The Balaban J connectivity index is 1.90. The first-order chi connectivity index (χ1) is 10.1. The zero-order chi connectivity index (χ0) is 15.0. The molecule has 0 aliphatic heterocycles. The van der Waals surface area contributed by atoms with Crippen molar-refractivity contribution in [2.45, 2.75) is 19.8 Å². The maximum absolute atomic E-state index is 12.4. The van der Waals surface area contributed by atoms with Crippen molar-refractivity contribution in [1.29, 1.82) is 0 Å². The van der Waals surface area contributed by atoms with Crippen LogP contribution in [0.2, 0.25) is 0 Å². The van der Waals surface area contributed by atoms with Crippen LogP contribution >= 0.6 is 0 Å². The third-order valence-electron chi connectivity index (χ3n) is 3.60. The number of aromatic nitrogens is 3. The van der Waals surface area contributed by atoms with Gasteiger partial charge in [0.15, 0.2) is 5.82 Å². The summed E-state index contributed by atoms with van der Waals surface area (Å²) in [5.74, 6) is 0.756. The van der Waals surface area contributed by atoms with Gasteiger partial charge in [0.05, 0.1) is 5.56 Å². The first kappa shape index (κ1) is 13.4. The van der Waals surface area contributed by atoms with E-state index in [4.69, 9.17) is 0 Å². The van der Waals surface area contributed by atoms with E-state index in [-0.39, 0.29) is 5.91 Å². The van der Waals surface area contributed by atoms with Crippen LogP contribution in [0.1, 0.15) is 35.8 Å². The molecule has 0 fully saturated rings. The van der Waals surface area contributed by atoms with Gasteiger partial charge < -0.3 is 9.88 Å². The maximum atomic E-state index is 12.4. The minimum Gasteiger partial charge on any atom is -0.350 e. The highest BCUT2D eigenvalue weighted by Crippen LogP contribution is 2.22. The summed E-state index contributed by atoms with van der Waals surface area (Å²) in [6.07, 6.45) is 1.84. The largest absolute Gasteiger partial charge is 0.350 e. The van der Waals surface area contributed by atoms with Crippen LogP contribution in [0.15, 0.2) is 36.5 Å². The summed E-state index contributed by atoms with van der Waals surface area (Å²) < 4.78 is 1.95. The molecule has 0 saturated carbocycles. The van der Waals surface area contributed by atoms with E-state index < -0.39 is 0 Å². The summed E-state index contributed by atoms with van der Waals surface area (Å²) in [5.41, 5.74) is 2.69. The van der Waals surface area contributed by atoms with Gasteiger partial charge in [-0.1, -0.05) is 32.0 Å². The maximum Gasteiger partial charge on any atom is 0.259 e. The number of nitrogens with one attached hydrogen (secondary N) is 2. The van der Waals surface area contributed by atoms with Gasteiger partial charge in [0.25, 0.3) is 5.91 Å². The highest BCUT2D eigenvalue weighted by atomic mass is 16.1. The molecule has 0 atom stereocenters. The number of fused-ring (bicyclic) bond motifs is 1. The summed E-state index contributed by atoms with van der Waals surface area (Å²) in [4.78, 5) is 12.4. The lowest BCUT2D eigenvalue weighted by Crippen LogP contribution is -2.11. The minimum absolute atomic E-state index is 0.145. The minimum atomic E-state index is -0.145. The summed E-state index contributed by atoms with van der Waals surface area (Å²) in [6, 6.07) is 9.72. The quantitative estimate of drug-likeness (QED) is 0.774. The van der Waals surface area contributed by atoms with Crippen LogP contribution in [0.3, 0.4) is 0 Å². The second-order valence-electron chi connectivity index (χ2n) is 5.49. The van der Waals surface area contributed by atoms with E-state index in [2.05, 4.69) is 29.4 Å². The average molecular weight is 282 g/mol. The van der Waals surface area contributed by atoms with Crippen LogP contribution in [-0.2, 0) is 7.05 Å². The Hall–Kier alpha value is -2.56.